The van der Waals surface area contributed by atoms with Gasteiger partial charge in [-0.05, 0) is 24.3 Å². The van der Waals surface area contributed by atoms with Crippen LogP contribution in [-0.4, -0.2) is 20.0 Å². The number of anilines is 1. The van der Waals surface area contributed by atoms with E-state index in [0.29, 0.717) is 0 Å². The normalized spacial score (nSPS) is 10.8. The van der Waals surface area contributed by atoms with E-state index in [-0.39, 0.29) is 0 Å². The molecule has 0 saturated carbocycles. The molecule has 5 nitrogen and oxygen atoms in total. The van der Waals surface area contributed by atoms with Gasteiger partial charge in [-0.25, -0.2) is 4.68 Å². The van der Waals surface area contributed by atoms with Crippen LogP contribution in [-0.2, 0) is 0 Å². The van der Waals surface area contributed by atoms with E-state index in [1.807, 2.05) is 24.3 Å². The summed E-state index contributed by atoms with van der Waals surface area (Å²) in [4.78, 5) is 0. The molecule has 0 aliphatic rings. The Morgan fingerprint density at radius 2 is 2.00 bits per heavy atom. The molecule has 0 amide bonds. The average Bonchev–Trinajstić information content (AvgIpc) is 2.73. The first kappa shape index (κ1) is 8.84. The third kappa shape index (κ3) is 1.30. The van der Waals surface area contributed by atoms with Gasteiger partial charge in [-0.15, -0.1) is 0 Å². The summed E-state index contributed by atoms with van der Waals surface area (Å²) in [7, 11) is 0. The van der Waals surface area contributed by atoms with Crippen molar-refractivity contribution in [1.82, 2.24) is 20.0 Å². The summed E-state index contributed by atoms with van der Waals surface area (Å²) in [6.07, 6.45) is 5.10. The minimum Gasteiger partial charge on any atom is -0.399 e. The second-order valence-corrected chi connectivity index (χ2v) is 3.48. The predicted octanol–water partition coefficient (Wildman–Crippen LogP) is 1.40. The molecule has 0 radical (unpaired) electrons. The highest BCUT2D eigenvalue weighted by atomic mass is 15.3. The number of aromatic nitrogens is 4. The van der Waals surface area contributed by atoms with Crippen molar-refractivity contribution in [2.24, 2.45) is 0 Å². The molecule has 0 atom stereocenters. The molecule has 2 N–H and O–H groups in total. The van der Waals surface area contributed by atoms with E-state index in [2.05, 4.69) is 15.3 Å². The predicted molar refractivity (Wildman–Crippen MR) is 61.1 cm³/mol. The third-order valence-electron chi connectivity index (χ3n) is 2.41. The lowest BCUT2D eigenvalue weighted by Gasteiger charge is -2.02. The van der Waals surface area contributed by atoms with E-state index in [4.69, 9.17) is 5.73 Å². The minimum absolute atomic E-state index is 0.719. The van der Waals surface area contributed by atoms with Crippen LogP contribution in [0, 0.1) is 0 Å². The van der Waals surface area contributed by atoms with Gasteiger partial charge in [0.2, 0.25) is 0 Å². The molecule has 0 saturated heterocycles. The lowest BCUT2D eigenvalue weighted by Crippen LogP contribution is -1.97. The van der Waals surface area contributed by atoms with E-state index in [9.17, 15) is 0 Å². The number of nitrogens with two attached hydrogens (primary N) is 1. The van der Waals surface area contributed by atoms with E-state index < -0.39 is 0 Å². The van der Waals surface area contributed by atoms with Crippen molar-refractivity contribution in [3.8, 4) is 5.69 Å². The maximum atomic E-state index is 5.76. The summed E-state index contributed by atoms with van der Waals surface area (Å²) in [5, 5.41) is 12.9. The zero-order valence-corrected chi connectivity index (χ0v) is 8.41. The fourth-order valence-corrected chi connectivity index (χ4v) is 1.65. The van der Waals surface area contributed by atoms with Gasteiger partial charge >= 0.3 is 0 Å². The van der Waals surface area contributed by atoms with Gasteiger partial charge in [0.1, 0.15) is 0 Å². The molecule has 3 rings (SSSR count). The number of hydrogen-bond acceptors (Lipinski definition) is 4. The van der Waals surface area contributed by atoms with Crippen molar-refractivity contribution in [3.63, 3.8) is 0 Å². The van der Waals surface area contributed by atoms with Crippen molar-refractivity contribution >= 4 is 16.6 Å². The fraction of sp³-hybridized carbons (Fsp3) is 0. The van der Waals surface area contributed by atoms with Crippen molar-refractivity contribution in [1.29, 1.82) is 0 Å². The molecule has 1 aromatic carbocycles. The molecule has 0 aliphatic heterocycles. The van der Waals surface area contributed by atoms with Crippen LogP contribution >= 0.6 is 0 Å². The van der Waals surface area contributed by atoms with Crippen LogP contribution in [0.4, 0.5) is 5.69 Å². The molecule has 0 bridgehead atoms. The summed E-state index contributed by atoms with van der Waals surface area (Å²) >= 11 is 0. The van der Waals surface area contributed by atoms with Crippen molar-refractivity contribution < 1.29 is 0 Å². The first-order valence-corrected chi connectivity index (χ1v) is 4.85. The van der Waals surface area contributed by atoms with Gasteiger partial charge in [0.05, 0.1) is 29.8 Å². The molecule has 2 heterocycles. The van der Waals surface area contributed by atoms with Crippen LogP contribution in [0.2, 0.25) is 0 Å². The standard InChI is InChI=1S/C11H9N5/c12-9-2-1-8-6-15-16(11(8)5-9)10-3-4-13-14-7-10/h1-7H,12H2. The monoisotopic (exact) mass is 211 g/mol. The Balaban J connectivity index is 2.29. The van der Waals surface area contributed by atoms with Crippen LogP contribution in [0.25, 0.3) is 16.6 Å². The van der Waals surface area contributed by atoms with Gasteiger partial charge in [0.25, 0.3) is 0 Å². The number of nitrogens with zero attached hydrogens (tertiary/aromatic N) is 4. The Morgan fingerprint density at radius 3 is 2.81 bits per heavy atom. The molecular formula is C11H9N5. The maximum Gasteiger partial charge on any atom is 0.0870 e. The lowest BCUT2D eigenvalue weighted by atomic mass is 10.2. The van der Waals surface area contributed by atoms with Gasteiger partial charge in [-0.2, -0.15) is 15.3 Å². The highest BCUT2D eigenvalue weighted by Crippen LogP contribution is 2.19. The second-order valence-electron chi connectivity index (χ2n) is 3.48. The van der Waals surface area contributed by atoms with Gasteiger partial charge in [0.15, 0.2) is 0 Å². The van der Waals surface area contributed by atoms with E-state index in [1.54, 1.807) is 23.3 Å². The summed E-state index contributed by atoms with van der Waals surface area (Å²) in [5.74, 6) is 0. The molecule has 0 spiro atoms. The maximum absolute atomic E-state index is 5.76. The Hall–Kier alpha value is -2.43. The highest BCUT2D eigenvalue weighted by Gasteiger charge is 2.04. The average molecular weight is 211 g/mol. The van der Waals surface area contributed by atoms with Crippen molar-refractivity contribution in [3.05, 3.63) is 42.9 Å². The van der Waals surface area contributed by atoms with Crippen LogP contribution in [0.5, 0.6) is 0 Å². The number of fused-ring (bicyclic) bond motifs is 1. The Kier molecular flexibility index (Phi) is 1.83. The zero-order chi connectivity index (χ0) is 11.0. The van der Waals surface area contributed by atoms with Gasteiger partial charge in [0, 0.05) is 11.1 Å². The molecule has 0 fully saturated rings. The van der Waals surface area contributed by atoms with Crippen molar-refractivity contribution in [2.45, 2.75) is 0 Å². The SMILES string of the molecule is Nc1ccc2cnn(-c3ccnnc3)c2c1. The molecule has 78 valence electrons. The zero-order valence-electron chi connectivity index (χ0n) is 8.41. The first-order chi connectivity index (χ1) is 7.84. The molecule has 5 heteroatoms. The first-order valence-electron chi connectivity index (χ1n) is 4.85. The second kappa shape index (κ2) is 3.30. The van der Waals surface area contributed by atoms with Crippen LogP contribution in [0.3, 0.4) is 0 Å². The van der Waals surface area contributed by atoms with Crippen LogP contribution in [0.1, 0.15) is 0 Å². The molecule has 0 unspecified atom stereocenters. The highest BCUT2D eigenvalue weighted by molar-refractivity contribution is 5.83. The topological polar surface area (TPSA) is 69.6 Å². The summed E-state index contributed by atoms with van der Waals surface area (Å²) < 4.78 is 1.79. The Bertz CT molecular complexity index is 629. The summed E-state index contributed by atoms with van der Waals surface area (Å²) in [5.41, 5.74) is 8.32. The molecule has 3 aromatic rings. The smallest absolute Gasteiger partial charge is 0.0870 e. The third-order valence-corrected chi connectivity index (χ3v) is 2.41. The van der Waals surface area contributed by atoms with Crippen LogP contribution < -0.4 is 5.73 Å². The van der Waals surface area contributed by atoms with Gasteiger partial charge in [-0.1, -0.05) is 0 Å². The molecular weight excluding hydrogens is 202 g/mol. The minimum atomic E-state index is 0.719. The van der Waals surface area contributed by atoms with Crippen LogP contribution in [0.15, 0.2) is 42.9 Å². The molecule has 0 aliphatic carbocycles. The van der Waals surface area contributed by atoms with Crippen molar-refractivity contribution in [2.75, 3.05) is 5.73 Å². The molecule has 16 heavy (non-hydrogen) atoms. The largest absolute Gasteiger partial charge is 0.399 e. The van der Waals surface area contributed by atoms with Gasteiger partial charge in [-0.3, -0.25) is 0 Å². The van der Waals surface area contributed by atoms with E-state index in [0.717, 1.165) is 22.3 Å². The number of benzene rings is 1. The molecule has 2 aromatic heterocycles. The fourth-order valence-electron chi connectivity index (χ4n) is 1.65. The Morgan fingerprint density at radius 1 is 1.06 bits per heavy atom. The number of rotatable bonds is 1. The van der Waals surface area contributed by atoms with Gasteiger partial charge < -0.3 is 5.73 Å². The van der Waals surface area contributed by atoms with E-state index in [1.165, 1.54) is 0 Å². The number of nitrogen functional groups attached to an aromatic ring is 1. The summed E-state index contributed by atoms with van der Waals surface area (Å²) in [6.45, 7) is 0. The van der Waals surface area contributed by atoms with E-state index >= 15 is 0 Å². The summed E-state index contributed by atoms with van der Waals surface area (Å²) in [6, 6.07) is 7.55. The quantitative estimate of drug-likeness (QED) is 0.617. The number of hydrogen-bond donors (Lipinski definition) is 1. The Labute approximate surface area is 91.5 Å². The lowest BCUT2D eigenvalue weighted by molar-refractivity contribution is 0.884.